The Morgan fingerprint density at radius 1 is 0.933 bits per heavy atom. The molecule has 0 spiro atoms. The van der Waals surface area contributed by atoms with Crippen LogP contribution in [0.2, 0.25) is 0 Å². The summed E-state index contributed by atoms with van der Waals surface area (Å²) in [7, 11) is -2.39. The SMILES string of the molecule is COc1ccc(N(CC(=O)NCc2ccccc2C)S(=O)(=O)c2ccccc2)cc1. The summed E-state index contributed by atoms with van der Waals surface area (Å²) >= 11 is 0. The Balaban J connectivity index is 1.85. The van der Waals surface area contributed by atoms with E-state index < -0.39 is 15.9 Å². The molecule has 0 aliphatic carbocycles. The second kappa shape index (κ2) is 9.45. The highest BCUT2D eigenvalue weighted by molar-refractivity contribution is 7.92. The van der Waals surface area contributed by atoms with E-state index in [1.807, 2.05) is 31.2 Å². The van der Waals surface area contributed by atoms with Gasteiger partial charge in [0.1, 0.15) is 12.3 Å². The van der Waals surface area contributed by atoms with Gasteiger partial charge in [0.25, 0.3) is 10.0 Å². The largest absolute Gasteiger partial charge is 0.497 e. The van der Waals surface area contributed by atoms with Crippen molar-refractivity contribution in [3.05, 3.63) is 90.0 Å². The molecule has 156 valence electrons. The third-order valence-corrected chi connectivity index (χ3v) is 6.50. The number of aryl methyl sites for hydroxylation is 1. The lowest BCUT2D eigenvalue weighted by Gasteiger charge is -2.24. The Hall–Kier alpha value is -3.32. The molecule has 0 fully saturated rings. The Labute approximate surface area is 177 Å². The van der Waals surface area contributed by atoms with Crippen LogP contribution >= 0.6 is 0 Å². The van der Waals surface area contributed by atoms with Gasteiger partial charge in [-0.2, -0.15) is 0 Å². The molecule has 0 aliphatic rings. The number of benzene rings is 3. The fourth-order valence-electron chi connectivity index (χ4n) is 2.97. The molecule has 3 rings (SSSR count). The number of carbonyl (C=O) groups excluding carboxylic acids is 1. The number of hydrogen-bond acceptors (Lipinski definition) is 4. The van der Waals surface area contributed by atoms with Crippen molar-refractivity contribution in [1.82, 2.24) is 5.32 Å². The zero-order valence-corrected chi connectivity index (χ0v) is 17.7. The maximum absolute atomic E-state index is 13.3. The number of nitrogens with zero attached hydrogens (tertiary/aromatic N) is 1. The second-order valence-corrected chi connectivity index (χ2v) is 8.59. The summed E-state index contributed by atoms with van der Waals surface area (Å²) < 4.78 is 32.8. The lowest BCUT2D eigenvalue weighted by atomic mass is 10.1. The van der Waals surface area contributed by atoms with Gasteiger partial charge in [0.2, 0.25) is 5.91 Å². The zero-order chi connectivity index (χ0) is 21.6. The Morgan fingerprint density at radius 2 is 1.57 bits per heavy atom. The van der Waals surface area contributed by atoms with Gasteiger partial charge in [-0.1, -0.05) is 42.5 Å². The van der Waals surface area contributed by atoms with E-state index in [1.165, 1.54) is 19.2 Å². The monoisotopic (exact) mass is 424 g/mol. The summed E-state index contributed by atoms with van der Waals surface area (Å²) in [6.07, 6.45) is 0. The minimum atomic E-state index is -3.93. The summed E-state index contributed by atoms with van der Waals surface area (Å²) in [6.45, 7) is 1.95. The van der Waals surface area contributed by atoms with Gasteiger partial charge in [0, 0.05) is 6.54 Å². The average Bonchev–Trinajstić information content (AvgIpc) is 2.77. The van der Waals surface area contributed by atoms with Crippen LogP contribution < -0.4 is 14.4 Å². The molecule has 0 saturated heterocycles. The standard InChI is InChI=1S/C23H24N2O4S/c1-18-8-6-7-9-19(18)16-24-23(26)17-25(20-12-14-21(29-2)15-13-20)30(27,28)22-10-4-3-5-11-22/h3-15H,16-17H2,1-2H3,(H,24,26). The number of nitrogens with one attached hydrogen (secondary N) is 1. The van der Waals surface area contributed by atoms with Crippen LogP contribution in [0.5, 0.6) is 5.75 Å². The summed E-state index contributed by atoms with van der Waals surface area (Å²) in [5, 5.41) is 2.82. The summed E-state index contributed by atoms with van der Waals surface area (Å²) in [4.78, 5) is 12.8. The van der Waals surface area contributed by atoms with Crippen molar-refractivity contribution in [2.75, 3.05) is 18.0 Å². The van der Waals surface area contributed by atoms with Gasteiger partial charge in [-0.25, -0.2) is 8.42 Å². The number of sulfonamides is 1. The number of amides is 1. The number of methoxy groups -OCH3 is 1. The first-order valence-electron chi connectivity index (χ1n) is 9.45. The molecule has 0 aliphatic heterocycles. The normalized spacial score (nSPS) is 11.0. The first kappa shape index (κ1) is 21.4. The molecule has 7 heteroatoms. The fourth-order valence-corrected chi connectivity index (χ4v) is 4.41. The lowest BCUT2D eigenvalue weighted by Crippen LogP contribution is -2.40. The minimum Gasteiger partial charge on any atom is -0.497 e. The molecule has 30 heavy (non-hydrogen) atoms. The maximum atomic E-state index is 13.3. The van der Waals surface area contributed by atoms with Crippen LogP contribution in [0.15, 0.2) is 83.8 Å². The number of rotatable bonds is 8. The molecule has 0 unspecified atom stereocenters. The van der Waals surface area contributed by atoms with Gasteiger partial charge in [-0.3, -0.25) is 9.10 Å². The molecule has 0 saturated carbocycles. The van der Waals surface area contributed by atoms with E-state index in [0.717, 1.165) is 15.4 Å². The van der Waals surface area contributed by atoms with Crippen molar-refractivity contribution < 1.29 is 17.9 Å². The first-order valence-corrected chi connectivity index (χ1v) is 10.9. The maximum Gasteiger partial charge on any atom is 0.264 e. The van der Waals surface area contributed by atoms with E-state index in [1.54, 1.807) is 42.5 Å². The van der Waals surface area contributed by atoms with Gasteiger partial charge in [0.15, 0.2) is 0 Å². The first-order chi connectivity index (χ1) is 14.4. The molecule has 1 N–H and O–H groups in total. The fraction of sp³-hybridized carbons (Fsp3) is 0.174. The molecular formula is C23H24N2O4S. The van der Waals surface area contributed by atoms with E-state index >= 15 is 0 Å². The second-order valence-electron chi connectivity index (χ2n) is 6.73. The van der Waals surface area contributed by atoms with E-state index in [4.69, 9.17) is 4.74 Å². The van der Waals surface area contributed by atoms with Crippen molar-refractivity contribution in [2.45, 2.75) is 18.4 Å². The van der Waals surface area contributed by atoms with E-state index in [2.05, 4.69) is 5.32 Å². The smallest absolute Gasteiger partial charge is 0.264 e. The molecule has 1 amide bonds. The number of carbonyl (C=O) groups is 1. The van der Waals surface area contributed by atoms with Gasteiger partial charge in [0.05, 0.1) is 17.7 Å². The molecule has 0 bridgehead atoms. The molecule has 6 nitrogen and oxygen atoms in total. The van der Waals surface area contributed by atoms with Gasteiger partial charge in [-0.05, 0) is 54.4 Å². The predicted molar refractivity (Wildman–Crippen MR) is 117 cm³/mol. The summed E-state index contributed by atoms with van der Waals surface area (Å²) in [5.41, 5.74) is 2.42. The summed E-state index contributed by atoms with van der Waals surface area (Å²) in [5.74, 6) is 0.202. The zero-order valence-electron chi connectivity index (χ0n) is 16.9. The van der Waals surface area contributed by atoms with Crippen molar-refractivity contribution in [2.24, 2.45) is 0 Å². The quantitative estimate of drug-likeness (QED) is 0.600. The number of anilines is 1. The average molecular weight is 425 g/mol. The van der Waals surface area contributed by atoms with Crippen LogP contribution in [0.3, 0.4) is 0 Å². The van der Waals surface area contributed by atoms with Crippen LogP contribution in [0, 0.1) is 6.92 Å². The van der Waals surface area contributed by atoms with Gasteiger partial charge in [-0.15, -0.1) is 0 Å². The Bertz CT molecular complexity index is 1100. The van der Waals surface area contributed by atoms with Crippen molar-refractivity contribution in [1.29, 1.82) is 0 Å². The van der Waals surface area contributed by atoms with Crippen LogP contribution in [-0.2, 0) is 21.4 Å². The number of ether oxygens (including phenoxy) is 1. The van der Waals surface area contributed by atoms with Gasteiger partial charge >= 0.3 is 0 Å². The Morgan fingerprint density at radius 3 is 2.20 bits per heavy atom. The van der Waals surface area contributed by atoms with Gasteiger partial charge < -0.3 is 10.1 Å². The molecule has 0 heterocycles. The molecule has 3 aromatic rings. The van der Waals surface area contributed by atoms with Crippen LogP contribution in [0.1, 0.15) is 11.1 Å². The molecule has 0 aromatic heterocycles. The topological polar surface area (TPSA) is 75.7 Å². The van der Waals surface area contributed by atoms with Crippen LogP contribution in [0.25, 0.3) is 0 Å². The Kier molecular flexibility index (Phi) is 6.74. The molecule has 0 atom stereocenters. The highest BCUT2D eigenvalue weighted by Gasteiger charge is 2.27. The third kappa shape index (κ3) is 4.99. The van der Waals surface area contributed by atoms with Crippen molar-refractivity contribution in [3.8, 4) is 5.75 Å². The van der Waals surface area contributed by atoms with Crippen LogP contribution in [0.4, 0.5) is 5.69 Å². The number of hydrogen-bond donors (Lipinski definition) is 1. The summed E-state index contributed by atoms with van der Waals surface area (Å²) in [6, 6.07) is 22.3. The van der Waals surface area contributed by atoms with E-state index in [0.29, 0.717) is 18.0 Å². The predicted octanol–water partition coefficient (Wildman–Crippen LogP) is 3.52. The van der Waals surface area contributed by atoms with Crippen LogP contribution in [-0.4, -0.2) is 28.0 Å². The highest BCUT2D eigenvalue weighted by Crippen LogP contribution is 2.25. The lowest BCUT2D eigenvalue weighted by molar-refractivity contribution is -0.119. The molecule has 0 radical (unpaired) electrons. The van der Waals surface area contributed by atoms with Crippen molar-refractivity contribution >= 4 is 21.6 Å². The van der Waals surface area contributed by atoms with Crippen molar-refractivity contribution in [3.63, 3.8) is 0 Å². The molecule has 3 aromatic carbocycles. The minimum absolute atomic E-state index is 0.118. The molecular weight excluding hydrogens is 400 g/mol. The van der Waals surface area contributed by atoms with E-state index in [9.17, 15) is 13.2 Å². The third-order valence-electron chi connectivity index (χ3n) is 4.72. The highest BCUT2D eigenvalue weighted by atomic mass is 32.2. The van der Waals surface area contributed by atoms with E-state index in [-0.39, 0.29) is 11.4 Å².